The second-order valence-electron chi connectivity index (χ2n) is 5.93. The van der Waals surface area contributed by atoms with Crippen molar-refractivity contribution in [2.24, 2.45) is 5.73 Å². The molecule has 2 heterocycles. The fourth-order valence-electron chi connectivity index (χ4n) is 3.49. The summed E-state index contributed by atoms with van der Waals surface area (Å²) < 4.78 is 33.4. The summed E-state index contributed by atoms with van der Waals surface area (Å²) in [5.74, 6) is 0. The first-order chi connectivity index (χ1) is 9.88. The van der Waals surface area contributed by atoms with E-state index in [1.807, 2.05) is 24.3 Å². The van der Waals surface area contributed by atoms with Crippen molar-refractivity contribution in [3.05, 3.63) is 35.4 Å². The van der Waals surface area contributed by atoms with Crippen LogP contribution in [0.1, 0.15) is 36.1 Å². The summed E-state index contributed by atoms with van der Waals surface area (Å²) in [5, 5.41) is 0. The summed E-state index contributed by atoms with van der Waals surface area (Å²) in [7, 11) is -2.79. The lowest BCUT2D eigenvalue weighted by Gasteiger charge is -2.46. The lowest BCUT2D eigenvalue weighted by Crippen LogP contribution is -2.49. The number of fused-ring (bicyclic) bond motifs is 3. The van der Waals surface area contributed by atoms with Gasteiger partial charge < -0.3 is 5.73 Å². The summed E-state index contributed by atoms with van der Waals surface area (Å²) in [6.07, 6.45) is 1.81. The van der Waals surface area contributed by atoms with E-state index < -0.39 is 10.3 Å². The molecule has 0 spiro atoms. The van der Waals surface area contributed by atoms with Gasteiger partial charge in [-0.05, 0) is 24.0 Å². The van der Waals surface area contributed by atoms with Crippen LogP contribution in [0.2, 0.25) is 0 Å². The molecule has 0 radical (unpaired) electrons. The molecule has 1 aromatic rings. The van der Waals surface area contributed by atoms with Gasteiger partial charge in [0.25, 0.3) is 0 Å². The van der Waals surface area contributed by atoms with Gasteiger partial charge in [-0.2, -0.15) is 12.7 Å². The fourth-order valence-corrected chi connectivity index (χ4v) is 4.00. The molecule has 1 saturated heterocycles. The van der Waals surface area contributed by atoms with Crippen molar-refractivity contribution in [2.45, 2.75) is 31.0 Å². The summed E-state index contributed by atoms with van der Waals surface area (Å²) in [4.78, 5) is 2.28. The second-order valence-corrected chi connectivity index (χ2v) is 7.41. The van der Waals surface area contributed by atoms with Gasteiger partial charge in [0.05, 0.1) is 6.04 Å². The van der Waals surface area contributed by atoms with E-state index in [1.165, 1.54) is 7.05 Å². The van der Waals surface area contributed by atoms with Crippen LogP contribution >= 0.6 is 0 Å². The standard InChI is InChI=1S/C14H21N3O3S/c1-16(21(18,19)20)14-9-17-7-6-10(15)8-13(17)11-4-2-3-5-12(11)14/h2-5,10,13-14H,6-9,15H2,1H3,(H,18,19,20)/t10-,13?,14?/m1/s1. The summed E-state index contributed by atoms with van der Waals surface area (Å²) in [6.45, 7) is 1.45. The fraction of sp³-hybridized carbons (Fsp3) is 0.571. The average Bonchev–Trinajstić information content (AvgIpc) is 2.45. The van der Waals surface area contributed by atoms with E-state index in [9.17, 15) is 13.0 Å². The van der Waals surface area contributed by atoms with Gasteiger partial charge in [0.15, 0.2) is 0 Å². The highest BCUT2D eigenvalue weighted by Crippen LogP contribution is 2.41. The van der Waals surface area contributed by atoms with Crippen molar-refractivity contribution in [3.63, 3.8) is 0 Å². The van der Waals surface area contributed by atoms with Gasteiger partial charge in [-0.3, -0.25) is 9.45 Å². The van der Waals surface area contributed by atoms with Crippen LogP contribution in [-0.4, -0.2) is 48.4 Å². The maximum absolute atomic E-state index is 11.5. The molecule has 1 fully saturated rings. The first-order valence-electron chi connectivity index (χ1n) is 7.17. The van der Waals surface area contributed by atoms with Gasteiger partial charge in [0.1, 0.15) is 0 Å². The molecule has 2 unspecified atom stereocenters. The first kappa shape index (κ1) is 14.9. The molecule has 0 amide bonds. The molecule has 0 aromatic heterocycles. The van der Waals surface area contributed by atoms with Crippen molar-refractivity contribution in [1.82, 2.24) is 9.21 Å². The van der Waals surface area contributed by atoms with Crippen molar-refractivity contribution >= 4 is 10.3 Å². The van der Waals surface area contributed by atoms with Crippen molar-refractivity contribution < 1.29 is 13.0 Å². The molecule has 3 rings (SSSR count). The van der Waals surface area contributed by atoms with Crippen molar-refractivity contribution in [1.29, 1.82) is 0 Å². The Labute approximate surface area is 125 Å². The number of nitrogens with two attached hydrogens (primary N) is 1. The normalized spacial score (nSPS) is 30.0. The molecule has 0 aliphatic carbocycles. The maximum atomic E-state index is 11.5. The molecular weight excluding hydrogens is 290 g/mol. The molecule has 6 nitrogen and oxygen atoms in total. The highest BCUT2D eigenvalue weighted by molar-refractivity contribution is 7.83. The van der Waals surface area contributed by atoms with Gasteiger partial charge in [0.2, 0.25) is 0 Å². The lowest BCUT2D eigenvalue weighted by molar-refractivity contribution is 0.0906. The molecule has 3 N–H and O–H groups in total. The number of hydrogen-bond donors (Lipinski definition) is 2. The predicted molar refractivity (Wildman–Crippen MR) is 80.0 cm³/mol. The first-order valence-corrected chi connectivity index (χ1v) is 8.56. The Hall–Kier alpha value is -0.990. The molecule has 2 aliphatic heterocycles. The lowest BCUT2D eigenvalue weighted by atomic mass is 9.83. The number of piperidine rings is 1. The molecule has 3 atom stereocenters. The van der Waals surface area contributed by atoms with Crippen molar-refractivity contribution in [2.75, 3.05) is 20.1 Å². The minimum Gasteiger partial charge on any atom is -0.328 e. The molecular formula is C14H21N3O3S. The van der Waals surface area contributed by atoms with Crippen LogP contribution < -0.4 is 5.73 Å². The van der Waals surface area contributed by atoms with Crippen molar-refractivity contribution in [3.8, 4) is 0 Å². The van der Waals surface area contributed by atoms with Crippen LogP contribution in [0.4, 0.5) is 0 Å². The van der Waals surface area contributed by atoms with Crippen LogP contribution in [0.5, 0.6) is 0 Å². The topological polar surface area (TPSA) is 86.9 Å². The Balaban J connectivity index is 2.03. The highest BCUT2D eigenvalue weighted by Gasteiger charge is 2.39. The number of benzene rings is 1. The monoisotopic (exact) mass is 311 g/mol. The van der Waals surface area contributed by atoms with E-state index >= 15 is 0 Å². The Bertz CT molecular complexity index is 634. The van der Waals surface area contributed by atoms with Gasteiger partial charge in [-0.1, -0.05) is 24.3 Å². The third kappa shape index (κ3) is 2.72. The molecule has 21 heavy (non-hydrogen) atoms. The number of nitrogens with zero attached hydrogens (tertiary/aromatic N) is 2. The van der Waals surface area contributed by atoms with E-state index in [4.69, 9.17) is 5.73 Å². The van der Waals surface area contributed by atoms with Gasteiger partial charge in [-0.15, -0.1) is 0 Å². The zero-order chi connectivity index (χ0) is 15.2. The zero-order valence-corrected chi connectivity index (χ0v) is 12.8. The number of hydrogen-bond acceptors (Lipinski definition) is 4. The predicted octanol–water partition coefficient (Wildman–Crippen LogP) is 0.940. The minimum atomic E-state index is -4.21. The van der Waals surface area contributed by atoms with Gasteiger partial charge in [-0.25, -0.2) is 0 Å². The van der Waals surface area contributed by atoms with E-state index in [0.29, 0.717) is 6.54 Å². The van der Waals surface area contributed by atoms with Crippen LogP contribution in [-0.2, 0) is 10.3 Å². The van der Waals surface area contributed by atoms with E-state index in [1.54, 1.807) is 0 Å². The molecule has 7 heteroatoms. The third-order valence-corrected chi connectivity index (χ3v) is 5.66. The largest absolute Gasteiger partial charge is 0.336 e. The summed E-state index contributed by atoms with van der Waals surface area (Å²) in [5.41, 5.74) is 8.18. The summed E-state index contributed by atoms with van der Waals surface area (Å²) >= 11 is 0. The Kier molecular flexibility index (Phi) is 3.79. The van der Waals surface area contributed by atoms with E-state index in [0.717, 1.165) is 34.8 Å². The Morgan fingerprint density at radius 2 is 2.00 bits per heavy atom. The van der Waals surface area contributed by atoms with Crippen LogP contribution in [0.25, 0.3) is 0 Å². The van der Waals surface area contributed by atoms with Crippen LogP contribution in [0.3, 0.4) is 0 Å². The quantitative estimate of drug-likeness (QED) is 0.794. The van der Waals surface area contributed by atoms with Crippen LogP contribution in [0, 0.1) is 0 Å². The minimum absolute atomic E-state index is 0.190. The second kappa shape index (κ2) is 5.33. The molecule has 0 bridgehead atoms. The third-order valence-electron chi connectivity index (χ3n) is 4.68. The van der Waals surface area contributed by atoms with Crippen LogP contribution in [0.15, 0.2) is 24.3 Å². The molecule has 0 saturated carbocycles. The Morgan fingerprint density at radius 3 is 2.67 bits per heavy atom. The van der Waals surface area contributed by atoms with Gasteiger partial charge in [0, 0.05) is 32.2 Å². The smallest absolute Gasteiger partial charge is 0.328 e. The number of likely N-dealkylation sites (N-methyl/N-ethyl adjacent to an activating group) is 1. The zero-order valence-electron chi connectivity index (χ0n) is 12.0. The average molecular weight is 311 g/mol. The van der Waals surface area contributed by atoms with E-state index in [-0.39, 0.29) is 18.1 Å². The number of rotatable bonds is 2. The Morgan fingerprint density at radius 1 is 1.33 bits per heavy atom. The van der Waals surface area contributed by atoms with Gasteiger partial charge >= 0.3 is 10.3 Å². The molecule has 1 aromatic carbocycles. The SMILES string of the molecule is CN(C1CN2CC[C@@H](N)CC2c2ccccc21)S(=O)(=O)O. The maximum Gasteiger partial charge on any atom is 0.336 e. The molecule has 2 aliphatic rings. The summed E-state index contributed by atoms with van der Waals surface area (Å²) in [6, 6.07) is 7.93. The highest BCUT2D eigenvalue weighted by atomic mass is 32.2. The molecule has 116 valence electrons. The van der Waals surface area contributed by atoms with E-state index in [2.05, 4.69) is 4.90 Å².